The Bertz CT molecular complexity index is 1240. The molecule has 2 N–H and O–H groups in total. The maximum atomic E-state index is 13.6. The fraction of sp³-hybridized carbons (Fsp3) is 0.567. The van der Waals surface area contributed by atoms with Crippen molar-refractivity contribution >= 4 is 35.3 Å². The summed E-state index contributed by atoms with van der Waals surface area (Å²) >= 11 is 1.60. The third-order valence-electron chi connectivity index (χ3n) is 8.60. The first kappa shape index (κ1) is 25.7. The van der Waals surface area contributed by atoms with Crippen molar-refractivity contribution in [3.05, 3.63) is 47.2 Å². The Kier molecular flexibility index (Phi) is 6.67. The van der Waals surface area contributed by atoms with Crippen molar-refractivity contribution in [2.24, 2.45) is 5.41 Å². The molecule has 2 aliphatic heterocycles. The molecule has 3 heterocycles. The maximum absolute atomic E-state index is 13.6. The number of hydrogen-bond acceptors (Lipinski definition) is 6. The van der Waals surface area contributed by atoms with E-state index < -0.39 is 0 Å². The van der Waals surface area contributed by atoms with Gasteiger partial charge in [-0.1, -0.05) is 18.9 Å². The molecule has 2 amide bonds. The Hall–Kier alpha value is -2.58. The average molecular weight is 534 g/mol. The van der Waals surface area contributed by atoms with Gasteiger partial charge in [-0.05, 0) is 101 Å². The van der Waals surface area contributed by atoms with Gasteiger partial charge in [-0.25, -0.2) is 4.98 Å². The molecule has 0 bridgehead atoms. The van der Waals surface area contributed by atoms with Gasteiger partial charge in [0.05, 0.1) is 11.3 Å². The number of benzene rings is 1. The standard InChI is InChI=1S/C30H39N5O2S/c1-29(2,3)33-38-22-9-10-23(24(18-22)34-16-14-30(12-13-30)15-17-34)27(36)32-25-11-8-20-19-35(21-6-4-5-7-21)28(37)26(20)31-25/h8-11,18,21,33H,4-7,12-17,19H2,1-3H3,(H,31,32,36). The predicted molar refractivity (Wildman–Crippen MR) is 153 cm³/mol. The van der Waals surface area contributed by atoms with Gasteiger partial charge in [0.1, 0.15) is 11.5 Å². The molecule has 202 valence electrons. The van der Waals surface area contributed by atoms with E-state index in [0.717, 1.165) is 42.1 Å². The van der Waals surface area contributed by atoms with Crippen LogP contribution in [0.5, 0.6) is 0 Å². The molecule has 1 aromatic heterocycles. The summed E-state index contributed by atoms with van der Waals surface area (Å²) in [6.07, 6.45) is 9.59. The highest BCUT2D eigenvalue weighted by molar-refractivity contribution is 7.97. The summed E-state index contributed by atoms with van der Waals surface area (Å²) < 4.78 is 3.48. The lowest BCUT2D eigenvalue weighted by molar-refractivity contribution is 0.0702. The van der Waals surface area contributed by atoms with Crippen molar-refractivity contribution in [2.45, 2.75) is 95.2 Å². The summed E-state index contributed by atoms with van der Waals surface area (Å²) in [5, 5.41) is 3.01. The third kappa shape index (κ3) is 5.30. The number of rotatable bonds is 6. The molecule has 0 unspecified atom stereocenters. The van der Waals surface area contributed by atoms with E-state index in [1.54, 1.807) is 11.9 Å². The number of hydrogen-bond donors (Lipinski definition) is 2. The molecule has 7 nitrogen and oxygen atoms in total. The largest absolute Gasteiger partial charge is 0.371 e. The molecule has 6 rings (SSSR count). The summed E-state index contributed by atoms with van der Waals surface area (Å²) in [6, 6.07) is 10.2. The molecule has 8 heteroatoms. The SMILES string of the molecule is CC(C)(C)NSc1ccc(C(=O)Nc2ccc3c(n2)C(=O)N(C2CCCC2)C3)c(N2CCC3(CC2)CC3)c1. The smallest absolute Gasteiger partial charge is 0.273 e. The van der Waals surface area contributed by atoms with E-state index in [2.05, 4.69) is 46.8 Å². The first-order valence-corrected chi connectivity index (χ1v) is 15.0. The number of piperidine rings is 1. The van der Waals surface area contributed by atoms with Crippen LogP contribution in [0.25, 0.3) is 0 Å². The van der Waals surface area contributed by atoms with Crippen molar-refractivity contribution < 1.29 is 9.59 Å². The number of nitrogens with zero attached hydrogens (tertiary/aromatic N) is 3. The second-order valence-electron chi connectivity index (χ2n) is 12.6. The number of carbonyl (C=O) groups excluding carboxylic acids is 2. The van der Waals surface area contributed by atoms with Crippen LogP contribution in [0.15, 0.2) is 35.2 Å². The van der Waals surface area contributed by atoms with Crippen LogP contribution in [-0.4, -0.2) is 46.4 Å². The molecule has 0 atom stereocenters. The predicted octanol–water partition coefficient (Wildman–Crippen LogP) is 6.01. The lowest BCUT2D eigenvalue weighted by Crippen LogP contribution is -2.36. The van der Waals surface area contributed by atoms with Crippen LogP contribution in [0.1, 0.15) is 98.5 Å². The zero-order valence-corrected chi connectivity index (χ0v) is 23.6. The summed E-state index contributed by atoms with van der Waals surface area (Å²) in [5.74, 6) is 0.251. The lowest BCUT2D eigenvalue weighted by atomic mass is 9.93. The van der Waals surface area contributed by atoms with Gasteiger partial charge in [-0.2, -0.15) is 0 Å². The van der Waals surface area contributed by atoms with Crippen molar-refractivity contribution in [3.8, 4) is 0 Å². The summed E-state index contributed by atoms with van der Waals surface area (Å²) in [7, 11) is 0. The zero-order chi connectivity index (χ0) is 26.5. The van der Waals surface area contributed by atoms with Crippen LogP contribution < -0.4 is 14.9 Å². The van der Waals surface area contributed by atoms with Crippen LogP contribution in [0.2, 0.25) is 0 Å². The molecule has 1 spiro atoms. The van der Waals surface area contributed by atoms with Gasteiger partial charge in [0.2, 0.25) is 0 Å². The quantitative estimate of drug-likeness (QED) is 0.443. The fourth-order valence-corrected chi connectivity index (χ4v) is 6.83. The summed E-state index contributed by atoms with van der Waals surface area (Å²) in [4.78, 5) is 36.8. The minimum Gasteiger partial charge on any atom is -0.371 e. The Balaban J connectivity index is 1.22. The molecular weight excluding hydrogens is 494 g/mol. The van der Waals surface area contributed by atoms with E-state index in [0.29, 0.717) is 35.1 Å². The molecule has 38 heavy (non-hydrogen) atoms. The number of fused-ring (bicyclic) bond motifs is 1. The number of anilines is 2. The maximum Gasteiger partial charge on any atom is 0.273 e. The fourth-order valence-electron chi connectivity index (χ4n) is 6.10. The normalized spacial score (nSPS) is 20.8. The van der Waals surface area contributed by atoms with E-state index in [1.165, 1.54) is 38.5 Å². The Morgan fingerprint density at radius 2 is 1.79 bits per heavy atom. The Labute approximate surface area is 230 Å². The first-order valence-electron chi connectivity index (χ1n) is 14.2. The van der Waals surface area contributed by atoms with E-state index in [9.17, 15) is 9.59 Å². The highest BCUT2D eigenvalue weighted by Crippen LogP contribution is 2.54. The van der Waals surface area contributed by atoms with E-state index in [-0.39, 0.29) is 17.4 Å². The second-order valence-corrected chi connectivity index (χ2v) is 13.5. The van der Waals surface area contributed by atoms with Crippen LogP contribution in [0, 0.1) is 5.41 Å². The minimum atomic E-state index is -0.183. The van der Waals surface area contributed by atoms with Crippen molar-refractivity contribution in [1.82, 2.24) is 14.6 Å². The van der Waals surface area contributed by atoms with Gasteiger partial charge in [0, 0.05) is 41.7 Å². The molecule has 2 aromatic rings. The number of amides is 2. The Morgan fingerprint density at radius 3 is 2.47 bits per heavy atom. The average Bonchev–Trinajstić information content (AvgIpc) is 3.28. The van der Waals surface area contributed by atoms with Crippen LogP contribution in [0.3, 0.4) is 0 Å². The number of nitrogens with one attached hydrogen (secondary N) is 2. The van der Waals surface area contributed by atoms with Gasteiger partial charge in [0.25, 0.3) is 11.8 Å². The molecule has 3 fully saturated rings. The van der Waals surface area contributed by atoms with E-state index in [4.69, 9.17) is 0 Å². The first-order chi connectivity index (χ1) is 18.2. The van der Waals surface area contributed by atoms with Crippen LogP contribution in [0.4, 0.5) is 11.5 Å². The van der Waals surface area contributed by atoms with Crippen LogP contribution >= 0.6 is 11.9 Å². The number of carbonyl (C=O) groups is 2. The number of pyridine rings is 1. The third-order valence-corrected chi connectivity index (χ3v) is 9.80. The van der Waals surface area contributed by atoms with Gasteiger partial charge in [-0.3, -0.25) is 14.3 Å². The van der Waals surface area contributed by atoms with E-state index in [1.807, 2.05) is 29.2 Å². The molecule has 0 radical (unpaired) electrons. The van der Waals surface area contributed by atoms with Gasteiger partial charge in [-0.15, -0.1) is 0 Å². The molecule has 2 saturated carbocycles. The number of aromatic nitrogens is 1. The van der Waals surface area contributed by atoms with E-state index >= 15 is 0 Å². The highest BCUT2D eigenvalue weighted by atomic mass is 32.2. The summed E-state index contributed by atoms with van der Waals surface area (Å²) in [5.41, 5.74) is 3.61. The second kappa shape index (κ2) is 9.87. The molecule has 2 aliphatic carbocycles. The van der Waals surface area contributed by atoms with Gasteiger partial charge >= 0.3 is 0 Å². The van der Waals surface area contributed by atoms with Gasteiger partial charge in [0.15, 0.2) is 0 Å². The van der Waals surface area contributed by atoms with Crippen LogP contribution in [-0.2, 0) is 6.54 Å². The monoisotopic (exact) mass is 533 g/mol. The van der Waals surface area contributed by atoms with Crippen molar-refractivity contribution in [2.75, 3.05) is 23.3 Å². The zero-order valence-electron chi connectivity index (χ0n) is 22.8. The Morgan fingerprint density at radius 1 is 1.05 bits per heavy atom. The molecule has 1 saturated heterocycles. The highest BCUT2D eigenvalue weighted by Gasteiger charge is 2.44. The van der Waals surface area contributed by atoms with Crippen molar-refractivity contribution in [3.63, 3.8) is 0 Å². The topological polar surface area (TPSA) is 77.6 Å². The summed E-state index contributed by atoms with van der Waals surface area (Å²) in [6.45, 7) is 9.01. The molecular formula is C30H39N5O2S. The molecule has 1 aromatic carbocycles. The molecule has 4 aliphatic rings. The van der Waals surface area contributed by atoms with Crippen molar-refractivity contribution in [1.29, 1.82) is 0 Å². The van der Waals surface area contributed by atoms with Gasteiger partial charge < -0.3 is 15.1 Å². The minimum absolute atomic E-state index is 0.00117. The lowest BCUT2D eigenvalue weighted by Gasteiger charge is -2.35.